The van der Waals surface area contributed by atoms with Crippen LogP contribution in [0.1, 0.15) is 45.1 Å². The molecule has 3 nitrogen and oxygen atoms in total. The fraction of sp³-hybridized carbons (Fsp3) is 0.562. The van der Waals surface area contributed by atoms with Gasteiger partial charge in [-0.05, 0) is 57.2 Å². The first-order valence-electron chi connectivity index (χ1n) is 7.27. The van der Waals surface area contributed by atoms with Crippen LogP contribution in [0.4, 0.5) is 0 Å². The molecule has 1 saturated carbocycles. The van der Waals surface area contributed by atoms with Crippen LogP contribution < -0.4 is 10.6 Å². The molecule has 0 heterocycles. The van der Waals surface area contributed by atoms with Crippen molar-refractivity contribution in [3.05, 3.63) is 34.9 Å². The molecular formula is C16H23ClN2O. The summed E-state index contributed by atoms with van der Waals surface area (Å²) in [5, 5.41) is 7.11. The number of hydrogen-bond acceptors (Lipinski definition) is 2. The second-order valence-corrected chi connectivity index (χ2v) is 6.41. The van der Waals surface area contributed by atoms with Crippen LogP contribution in [0.2, 0.25) is 5.02 Å². The molecule has 0 aliphatic heterocycles. The van der Waals surface area contributed by atoms with Gasteiger partial charge in [-0.2, -0.15) is 0 Å². The molecule has 1 atom stereocenters. The van der Waals surface area contributed by atoms with Gasteiger partial charge in [0.2, 0.25) is 5.91 Å². The molecule has 0 spiro atoms. The normalized spacial score (nSPS) is 23.2. The summed E-state index contributed by atoms with van der Waals surface area (Å²) in [4.78, 5) is 11.8. The van der Waals surface area contributed by atoms with Crippen LogP contribution in [-0.2, 0) is 4.79 Å². The molecule has 1 amide bonds. The minimum atomic E-state index is -0.136. The average molecular weight is 295 g/mol. The lowest BCUT2D eigenvalue weighted by Gasteiger charge is -2.38. The average Bonchev–Trinajstić information content (AvgIpc) is 2.31. The summed E-state index contributed by atoms with van der Waals surface area (Å²) < 4.78 is 0. The zero-order chi connectivity index (χ0) is 14.7. The van der Waals surface area contributed by atoms with Gasteiger partial charge in [0.1, 0.15) is 0 Å². The number of hydrogen-bond donors (Lipinski definition) is 2. The van der Waals surface area contributed by atoms with Crippen molar-refractivity contribution in [2.45, 2.75) is 57.7 Å². The first-order chi connectivity index (χ1) is 9.45. The second kappa shape index (κ2) is 6.59. The molecule has 0 aromatic heterocycles. The maximum absolute atomic E-state index is 11.8. The van der Waals surface area contributed by atoms with Crippen LogP contribution in [0.25, 0.3) is 0 Å². The summed E-state index contributed by atoms with van der Waals surface area (Å²) in [7, 11) is 0. The zero-order valence-corrected chi connectivity index (χ0v) is 13.1. The third kappa shape index (κ3) is 3.97. The van der Waals surface area contributed by atoms with E-state index in [-0.39, 0.29) is 18.0 Å². The first kappa shape index (κ1) is 15.3. The van der Waals surface area contributed by atoms with Crippen molar-refractivity contribution in [3.8, 4) is 0 Å². The Balaban J connectivity index is 1.78. The Kier molecular flexibility index (Phi) is 5.06. The van der Waals surface area contributed by atoms with E-state index < -0.39 is 0 Å². The summed E-state index contributed by atoms with van der Waals surface area (Å²) in [6, 6.07) is 8.54. The Hall–Kier alpha value is -1.06. The fourth-order valence-corrected chi connectivity index (χ4v) is 2.82. The molecule has 2 rings (SSSR count). The third-order valence-corrected chi connectivity index (χ3v) is 4.00. The van der Waals surface area contributed by atoms with Gasteiger partial charge in [-0.3, -0.25) is 4.79 Å². The highest BCUT2D eigenvalue weighted by atomic mass is 35.5. The Labute approximate surface area is 126 Å². The van der Waals surface area contributed by atoms with E-state index in [1.54, 1.807) is 0 Å². The van der Waals surface area contributed by atoms with Gasteiger partial charge in [0.05, 0.1) is 6.04 Å². The zero-order valence-electron chi connectivity index (χ0n) is 12.3. The van der Waals surface area contributed by atoms with Gasteiger partial charge in [-0.15, -0.1) is 0 Å². The maximum atomic E-state index is 11.8. The second-order valence-electron chi connectivity index (χ2n) is 5.97. The molecule has 4 heteroatoms. The van der Waals surface area contributed by atoms with Crippen LogP contribution >= 0.6 is 11.6 Å². The van der Waals surface area contributed by atoms with Crippen molar-refractivity contribution in [2.24, 2.45) is 0 Å². The number of carbonyl (C=O) groups excluding carboxylic acids is 1. The van der Waals surface area contributed by atoms with Crippen LogP contribution in [0.5, 0.6) is 0 Å². The lowest BCUT2D eigenvalue weighted by molar-refractivity contribution is -0.123. The van der Waals surface area contributed by atoms with Gasteiger partial charge in [-0.25, -0.2) is 0 Å². The lowest BCUT2D eigenvalue weighted by Crippen LogP contribution is -2.51. The van der Waals surface area contributed by atoms with Crippen molar-refractivity contribution in [1.29, 1.82) is 0 Å². The number of amides is 1. The number of nitrogens with one attached hydrogen (secondary N) is 2. The number of benzene rings is 1. The van der Waals surface area contributed by atoms with E-state index in [1.165, 1.54) is 5.56 Å². The molecule has 110 valence electrons. The van der Waals surface area contributed by atoms with Crippen LogP contribution in [0, 0.1) is 0 Å². The molecule has 1 aliphatic carbocycles. The standard InChI is InChI=1S/C16H23ClN2O/c1-10(2)18-16(20)11(3)19-15-8-13(9-15)12-5-4-6-14(17)7-12/h4-7,10-11,13,15,19H,8-9H2,1-3H3,(H,18,20). The molecule has 1 aromatic carbocycles. The van der Waals surface area contributed by atoms with E-state index in [1.807, 2.05) is 39.0 Å². The van der Waals surface area contributed by atoms with Gasteiger partial charge in [0.25, 0.3) is 0 Å². The van der Waals surface area contributed by atoms with E-state index >= 15 is 0 Å². The Morgan fingerprint density at radius 3 is 2.60 bits per heavy atom. The topological polar surface area (TPSA) is 41.1 Å². The number of carbonyl (C=O) groups is 1. The Morgan fingerprint density at radius 1 is 1.30 bits per heavy atom. The van der Waals surface area contributed by atoms with Gasteiger partial charge in [-0.1, -0.05) is 23.7 Å². The van der Waals surface area contributed by atoms with Gasteiger partial charge in [0, 0.05) is 17.1 Å². The van der Waals surface area contributed by atoms with Crippen molar-refractivity contribution in [2.75, 3.05) is 0 Å². The fourth-order valence-electron chi connectivity index (χ4n) is 2.63. The quantitative estimate of drug-likeness (QED) is 0.876. The first-order valence-corrected chi connectivity index (χ1v) is 7.65. The minimum absolute atomic E-state index is 0.0752. The maximum Gasteiger partial charge on any atom is 0.237 e. The minimum Gasteiger partial charge on any atom is -0.353 e. The third-order valence-electron chi connectivity index (χ3n) is 3.77. The van der Waals surface area contributed by atoms with Crippen molar-refractivity contribution in [1.82, 2.24) is 10.6 Å². The molecule has 0 bridgehead atoms. The van der Waals surface area contributed by atoms with Gasteiger partial charge < -0.3 is 10.6 Å². The van der Waals surface area contributed by atoms with Crippen LogP contribution in [0.3, 0.4) is 0 Å². The monoisotopic (exact) mass is 294 g/mol. The predicted octanol–water partition coefficient (Wildman–Crippen LogP) is 3.09. The number of halogens is 1. The molecule has 0 radical (unpaired) electrons. The highest BCUT2D eigenvalue weighted by Gasteiger charge is 2.32. The number of rotatable bonds is 5. The Morgan fingerprint density at radius 2 is 2.00 bits per heavy atom. The highest BCUT2D eigenvalue weighted by molar-refractivity contribution is 6.30. The van der Waals surface area contributed by atoms with E-state index in [0.717, 1.165) is 17.9 Å². The van der Waals surface area contributed by atoms with Crippen molar-refractivity contribution < 1.29 is 4.79 Å². The molecule has 1 aromatic rings. The van der Waals surface area contributed by atoms with E-state index in [0.29, 0.717) is 12.0 Å². The van der Waals surface area contributed by atoms with E-state index in [4.69, 9.17) is 11.6 Å². The van der Waals surface area contributed by atoms with E-state index in [9.17, 15) is 4.79 Å². The predicted molar refractivity (Wildman–Crippen MR) is 83.1 cm³/mol. The molecule has 1 unspecified atom stereocenters. The summed E-state index contributed by atoms with van der Waals surface area (Å²) >= 11 is 6.01. The summed E-state index contributed by atoms with van der Waals surface area (Å²) in [5.41, 5.74) is 1.30. The molecule has 20 heavy (non-hydrogen) atoms. The summed E-state index contributed by atoms with van der Waals surface area (Å²) in [6.45, 7) is 5.87. The van der Waals surface area contributed by atoms with Crippen molar-refractivity contribution >= 4 is 17.5 Å². The summed E-state index contributed by atoms with van der Waals surface area (Å²) in [6.07, 6.45) is 2.14. The largest absolute Gasteiger partial charge is 0.353 e. The molecule has 1 aliphatic rings. The van der Waals surface area contributed by atoms with E-state index in [2.05, 4.69) is 16.7 Å². The molecule has 1 fully saturated rings. The van der Waals surface area contributed by atoms with Crippen LogP contribution in [0.15, 0.2) is 24.3 Å². The molecule has 0 saturated heterocycles. The highest BCUT2D eigenvalue weighted by Crippen LogP contribution is 2.37. The SMILES string of the molecule is CC(C)NC(=O)C(C)NC1CC(c2cccc(Cl)c2)C1. The van der Waals surface area contributed by atoms with Gasteiger partial charge in [0.15, 0.2) is 0 Å². The van der Waals surface area contributed by atoms with Crippen LogP contribution in [-0.4, -0.2) is 24.0 Å². The lowest BCUT2D eigenvalue weighted by atomic mass is 9.75. The molecular weight excluding hydrogens is 272 g/mol. The van der Waals surface area contributed by atoms with Crippen molar-refractivity contribution in [3.63, 3.8) is 0 Å². The smallest absolute Gasteiger partial charge is 0.237 e. The summed E-state index contributed by atoms with van der Waals surface area (Å²) in [5.74, 6) is 0.637. The Bertz CT molecular complexity index is 469. The molecule has 2 N–H and O–H groups in total. The van der Waals surface area contributed by atoms with Gasteiger partial charge >= 0.3 is 0 Å².